The smallest absolute Gasteiger partial charge is 0.249 e. The van der Waals surface area contributed by atoms with Crippen molar-refractivity contribution in [2.45, 2.75) is 45.3 Å². The zero-order valence-electron chi connectivity index (χ0n) is 22.5. The van der Waals surface area contributed by atoms with E-state index in [-0.39, 0.29) is 17.7 Å². The van der Waals surface area contributed by atoms with E-state index >= 15 is 0 Å². The van der Waals surface area contributed by atoms with Crippen LogP contribution in [-0.4, -0.2) is 42.9 Å². The van der Waals surface area contributed by atoms with E-state index in [1.807, 2.05) is 50.2 Å². The first-order chi connectivity index (χ1) is 18.9. The predicted octanol–water partition coefficient (Wildman–Crippen LogP) is 3.67. The van der Waals surface area contributed by atoms with Gasteiger partial charge in [0, 0.05) is 23.5 Å². The molecule has 8 heteroatoms. The highest BCUT2D eigenvalue weighted by Crippen LogP contribution is 2.31. The number of carbonyl (C=O) groups excluding carboxylic acids is 2. The first-order valence-electron chi connectivity index (χ1n) is 13.6. The number of amides is 2. The van der Waals surface area contributed by atoms with E-state index in [0.717, 1.165) is 52.7 Å². The van der Waals surface area contributed by atoms with E-state index < -0.39 is 12.1 Å². The third-order valence-corrected chi connectivity index (χ3v) is 7.35. The second-order valence-electron chi connectivity index (χ2n) is 10.4. The van der Waals surface area contributed by atoms with Crippen molar-refractivity contribution in [3.8, 4) is 11.1 Å². The summed E-state index contributed by atoms with van der Waals surface area (Å²) in [5.74, 6) is 0.367. The van der Waals surface area contributed by atoms with Crippen molar-refractivity contribution in [3.63, 3.8) is 0 Å². The Hall–Kier alpha value is -4.17. The number of nitrogens with zero attached hydrogens (tertiary/aromatic N) is 2. The normalized spacial score (nSPS) is 17.6. The summed E-state index contributed by atoms with van der Waals surface area (Å²) in [5.41, 5.74) is 12.2. The van der Waals surface area contributed by atoms with Gasteiger partial charge in [0.05, 0.1) is 19.1 Å². The quantitative estimate of drug-likeness (QED) is 0.377. The zero-order chi connectivity index (χ0) is 27.4. The maximum Gasteiger partial charge on any atom is 0.249 e. The highest BCUT2D eigenvalue weighted by atomic mass is 16.2. The van der Waals surface area contributed by atoms with Crippen molar-refractivity contribution in [1.82, 2.24) is 10.6 Å². The van der Waals surface area contributed by atoms with Crippen LogP contribution in [0.2, 0.25) is 0 Å². The summed E-state index contributed by atoms with van der Waals surface area (Å²) >= 11 is 0. The van der Waals surface area contributed by atoms with Crippen LogP contribution in [0.15, 0.2) is 77.8 Å². The fourth-order valence-electron chi connectivity index (χ4n) is 5.01. The maximum atomic E-state index is 13.8. The number of benzene rings is 3. The number of nitrogens with two attached hydrogens (primary N) is 1. The van der Waals surface area contributed by atoms with Crippen molar-refractivity contribution in [3.05, 3.63) is 83.9 Å². The molecule has 2 heterocycles. The van der Waals surface area contributed by atoms with Crippen LogP contribution in [0.5, 0.6) is 0 Å². The molecule has 1 unspecified atom stereocenters. The van der Waals surface area contributed by atoms with E-state index in [0.29, 0.717) is 19.4 Å². The molecule has 0 aromatic heterocycles. The van der Waals surface area contributed by atoms with Gasteiger partial charge in [0.15, 0.2) is 5.96 Å². The lowest BCUT2D eigenvalue weighted by molar-refractivity contribution is -0.129. The molecule has 0 aliphatic carbocycles. The van der Waals surface area contributed by atoms with Crippen molar-refractivity contribution in [1.29, 1.82) is 0 Å². The number of aliphatic imine (C=N–C) groups is 1. The van der Waals surface area contributed by atoms with Crippen LogP contribution in [0.3, 0.4) is 0 Å². The molecule has 2 aliphatic heterocycles. The Morgan fingerprint density at radius 3 is 2.56 bits per heavy atom. The molecule has 0 bridgehead atoms. The summed E-state index contributed by atoms with van der Waals surface area (Å²) in [5, 5.41) is 9.57. The number of guanidine groups is 1. The van der Waals surface area contributed by atoms with Crippen LogP contribution in [0, 0.1) is 5.92 Å². The Labute approximate surface area is 229 Å². The monoisotopic (exact) mass is 524 g/mol. The molecule has 39 heavy (non-hydrogen) atoms. The van der Waals surface area contributed by atoms with Gasteiger partial charge in [-0.1, -0.05) is 74.5 Å². The molecule has 3 aromatic carbocycles. The van der Waals surface area contributed by atoms with E-state index in [2.05, 4.69) is 57.3 Å². The highest BCUT2D eigenvalue weighted by molar-refractivity contribution is 6.01. The fraction of sp³-hybridized carbons (Fsp3) is 0.323. The molecule has 2 atom stereocenters. The van der Waals surface area contributed by atoms with Gasteiger partial charge in [-0.3, -0.25) is 14.6 Å². The molecule has 3 aromatic rings. The van der Waals surface area contributed by atoms with Crippen molar-refractivity contribution >= 4 is 29.1 Å². The van der Waals surface area contributed by atoms with Crippen molar-refractivity contribution in [2.75, 3.05) is 23.3 Å². The molecule has 5 rings (SSSR count). The summed E-state index contributed by atoms with van der Waals surface area (Å²) in [6.07, 6.45) is 1.23. The minimum Gasteiger partial charge on any atom is -0.354 e. The number of hydrogen-bond acceptors (Lipinski definition) is 6. The molecule has 0 saturated carbocycles. The van der Waals surface area contributed by atoms with Gasteiger partial charge in [-0.15, -0.1) is 0 Å². The SMILES string of the molecule is CC(C)C(N)C(=O)N[C@@H]1CCc2ccccc2N(Cc2ccc(-c3ccccc3NC3=NCCN3)cc2)C1=O. The summed E-state index contributed by atoms with van der Waals surface area (Å²) in [6.45, 7) is 5.82. The number of rotatable bonds is 7. The molecule has 2 amide bonds. The Balaban J connectivity index is 1.37. The number of para-hydroxylation sites is 2. The van der Waals surface area contributed by atoms with Crippen molar-refractivity contribution in [2.24, 2.45) is 16.6 Å². The average Bonchev–Trinajstić information content (AvgIpc) is 3.43. The molecule has 0 fully saturated rings. The first kappa shape index (κ1) is 26.4. The summed E-state index contributed by atoms with van der Waals surface area (Å²) in [7, 11) is 0. The Kier molecular flexibility index (Phi) is 7.93. The van der Waals surface area contributed by atoms with Gasteiger partial charge in [-0.2, -0.15) is 0 Å². The van der Waals surface area contributed by atoms with E-state index in [4.69, 9.17) is 5.73 Å². The zero-order valence-corrected chi connectivity index (χ0v) is 22.5. The molecule has 5 N–H and O–H groups in total. The van der Waals surface area contributed by atoms with Gasteiger partial charge in [-0.25, -0.2) is 0 Å². The Morgan fingerprint density at radius 1 is 1.08 bits per heavy atom. The van der Waals surface area contributed by atoms with Gasteiger partial charge < -0.3 is 26.6 Å². The van der Waals surface area contributed by atoms with Gasteiger partial charge in [0.25, 0.3) is 0 Å². The van der Waals surface area contributed by atoms with Crippen LogP contribution in [0.1, 0.15) is 31.4 Å². The molecule has 0 radical (unpaired) electrons. The third-order valence-electron chi connectivity index (χ3n) is 7.35. The van der Waals surface area contributed by atoms with E-state index in [1.54, 1.807) is 4.90 Å². The van der Waals surface area contributed by atoms with Crippen molar-refractivity contribution < 1.29 is 9.59 Å². The van der Waals surface area contributed by atoms with E-state index in [1.165, 1.54) is 0 Å². The number of fused-ring (bicyclic) bond motifs is 1. The molecule has 8 nitrogen and oxygen atoms in total. The largest absolute Gasteiger partial charge is 0.354 e. The van der Waals surface area contributed by atoms with Gasteiger partial charge >= 0.3 is 0 Å². The molecule has 0 spiro atoms. The topological polar surface area (TPSA) is 112 Å². The average molecular weight is 525 g/mol. The number of anilines is 2. The second kappa shape index (κ2) is 11.7. The summed E-state index contributed by atoms with van der Waals surface area (Å²) in [6, 6.07) is 23.1. The fourth-order valence-corrected chi connectivity index (χ4v) is 5.01. The standard InChI is InChI=1S/C31H36N6O2/c1-20(2)28(32)29(38)35-26-16-15-23-7-3-6-10-27(23)37(30(26)39)19-21-11-13-22(14-12-21)24-8-4-5-9-25(24)36-31-33-17-18-34-31/h3-14,20,26,28H,15-19,32H2,1-2H3,(H,35,38)(H2,33,34,36)/t26-,28?/m1/s1. The summed E-state index contributed by atoms with van der Waals surface area (Å²) in [4.78, 5) is 32.8. The number of hydrogen-bond donors (Lipinski definition) is 4. The number of aryl methyl sites for hydroxylation is 1. The minimum atomic E-state index is -0.654. The molecule has 202 valence electrons. The highest BCUT2D eigenvalue weighted by Gasteiger charge is 2.32. The molecular formula is C31H36N6O2. The summed E-state index contributed by atoms with van der Waals surface area (Å²) < 4.78 is 0. The number of nitrogens with one attached hydrogen (secondary N) is 3. The van der Waals surface area contributed by atoms with Crippen LogP contribution >= 0.6 is 0 Å². The maximum absolute atomic E-state index is 13.8. The van der Waals surface area contributed by atoms with Gasteiger partial charge in [0.1, 0.15) is 6.04 Å². The lowest BCUT2D eigenvalue weighted by Gasteiger charge is -2.27. The Bertz CT molecular complexity index is 1370. The van der Waals surface area contributed by atoms with Gasteiger partial charge in [-0.05, 0) is 47.6 Å². The van der Waals surface area contributed by atoms with Crippen LogP contribution in [0.25, 0.3) is 11.1 Å². The minimum absolute atomic E-state index is 0.0135. The first-order valence-corrected chi connectivity index (χ1v) is 13.6. The third kappa shape index (κ3) is 5.96. The van der Waals surface area contributed by atoms with Gasteiger partial charge in [0.2, 0.25) is 11.8 Å². The lowest BCUT2D eigenvalue weighted by atomic mass is 10.0. The predicted molar refractivity (Wildman–Crippen MR) is 157 cm³/mol. The number of carbonyl (C=O) groups is 2. The van der Waals surface area contributed by atoms with E-state index in [9.17, 15) is 9.59 Å². The molecular weight excluding hydrogens is 488 g/mol. The van der Waals surface area contributed by atoms with Crippen LogP contribution < -0.4 is 26.6 Å². The molecule has 0 saturated heterocycles. The lowest BCUT2D eigenvalue weighted by Crippen LogP contribution is -2.53. The Morgan fingerprint density at radius 2 is 1.82 bits per heavy atom. The molecule has 2 aliphatic rings. The van der Waals surface area contributed by atoms with Crippen LogP contribution in [-0.2, 0) is 22.6 Å². The second-order valence-corrected chi connectivity index (χ2v) is 10.4. The van der Waals surface area contributed by atoms with Crippen LogP contribution in [0.4, 0.5) is 11.4 Å².